The quantitative estimate of drug-likeness (QED) is 0.333. The topological polar surface area (TPSA) is 43.6 Å². The first-order valence-electron chi connectivity index (χ1n) is 8.99. The number of rotatable bonds is 2. The number of aromatic nitrogens is 4. The maximum absolute atomic E-state index is 13.3. The van der Waals surface area contributed by atoms with Crippen LogP contribution >= 0.6 is 11.6 Å². The van der Waals surface area contributed by atoms with Gasteiger partial charge in [-0.1, -0.05) is 29.8 Å². The van der Waals surface area contributed by atoms with Crippen LogP contribution in [0.5, 0.6) is 0 Å². The minimum atomic E-state index is -4.47. The second kappa shape index (κ2) is 6.81. The zero-order valence-corrected chi connectivity index (χ0v) is 16.0. The van der Waals surface area contributed by atoms with Gasteiger partial charge in [0.25, 0.3) is 0 Å². The third-order valence-corrected chi connectivity index (χ3v) is 4.96. The third kappa shape index (κ3) is 3.17. The van der Waals surface area contributed by atoms with Crippen LogP contribution in [0.2, 0.25) is 5.02 Å². The van der Waals surface area contributed by atoms with Crippen molar-refractivity contribution in [3.8, 4) is 17.1 Å². The Hall–Kier alpha value is -3.45. The molecule has 0 N–H and O–H groups in total. The molecule has 3 aromatic carbocycles. The van der Waals surface area contributed by atoms with Gasteiger partial charge in [-0.25, -0.2) is 15.0 Å². The molecule has 0 radical (unpaired) electrons. The smallest absolute Gasteiger partial charge is 0.275 e. The maximum atomic E-state index is 13.3. The number of benzene rings is 3. The van der Waals surface area contributed by atoms with Crippen LogP contribution in [0.25, 0.3) is 39.4 Å². The van der Waals surface area contributed by atoms with Gasteiger partial charge in [0.15, 0.2) is 11.3 Å². The highest BCUT2D eigenvalue weighted by Gasteiger charge is 2.31. The summed E-state index contributed by atoms with van der Waals surface area (Å²) in [5, 5.41) is 0.544. The second-order valence-electron chi connectivity index (χ2n) is 6.69. The van der Waals surface area contributed by atoms with Crippen molar-refractivity contribution in [2.45, 2.75) is 6.18 Å². The number of hydrogen-bond donors (Lipinski definition) is 0. The summed E-state index contributed by atoms with van der Waals surface area (Å²) >= 11 is 6.00. The van der Waals surface area contributed by atoms with Crippen molar-refractivity contribution in [3.05, 3.63) is 83.4 Å². The third-order valence-electron chi connectivity index (χ3n) is 4.70. The van der Waals surface area contributed by atoms with Crippen molar-refractivity contribution >= 4 is 33.9 Å². The molecule has 0 aliphatic carbocycles. The van der Waals surface area contributed by atoms with Crippen molar-refractivity contribution in [3.63, 3.8) is 0 Å². The van der Waals surface area contributed by atoms with E-state index >= 15 is 0 Å². The summed E-state index contributed by atoms with van der Waals surface area (Å²) in [7, 11) is 0. The Balaban J connectivity index is 1.85. The molecule has 5 rings (SSSR count). The summed E-state index contributed by atoms with van der Waals surface area (Å²) < 4.78 is 41.6. The minimum Gasteiger partial charge on any atom is -0.275 e. The van der Waals surface area contributed by atoms with Gasteiger partial charge >= 0.3 is 6.18 Å². The van der Waals surface area contributed by atoms with Gasteiger partial charge in [-0.15, -0.1) is 0 Å². The van der Waals surface area contributed by atoms with E-state index in [1.807, 2.05) is 18.2 Å². The molecule has 30 heavy (non-hydrogen) atoms. The first-order valence-corrected chi connectivity index (χ1v) is 9.37. The lowest BCUT2D eigenvalue weighted by Crippen LogP contribution is -2.07. The summed E-state index contributed by atoms with van der Waals surface area (Å²) in [6.45, 7) is 0. The average Bonchev–Trinajstić information content (AvgIpc) is 3.10. The Morgan fingerprint density at radius 3 is 2.17 bits per heavy atom. The molecule has 0 aliphatic rings. The van der Waals surface area contributed by atoms with Crippen molar-refractivity contribution in [2.75, 3.05) is 0 Å². The van der Waals surface area contributed by atoms with Gasteiger partial charge in [0.2, 0.25) is 0 Å². The van der Waals surface area contributed by atoms with E-state index in [9.17, 15) is 13.2 Å². The number of fused-ring (bicyclic) bond motifs is 2. The zero-order chi connectivity index (χ0) is 20.9. The van der Waals surface area contributed by atoms with Crippen molar-refractivity contribution in [1.82, 2.24) is 19.5 Å². The zero-order valence-electron chi connectivity index (χ0n) is 15.2. The fraction of sp³-hybridized carbons (Fsp3) is 0.0455. The minimum absolute atomic E-state index is 0.293. The number of para-hydroxylation sites is 2. The summed E-state index contributed by atoms with van der Waals surface area (Å²) in [5.74, 6) is 0.427. The molecule has 0 saturated heterocycles. The Bertz CT molecular complexity index is 1390. The number of nitrogens with zero attached hydrogens (tertiary/aromatic N) is 4. The molecule has 0 spiro atoms. The van der Waals surface area contributed by atoms with Gasteiger partial charge in [0, 0.05) is 16.3 Å². The molecule has 0 saturated carbocycles. The van der Waals surface area contributed by atoms with Gasteiger partial charge in [0.1, 0.15) is 5.82 Å². The molecule has 0 atom stereocenters. The van der Waals surface area contributed by atoms with Crippen molar-refractivity contribution in [1.29, 1.82) is 0 Å². The summed E-state index contributed by atoms with van der Waals surface area (Å²) in [5.41, 5.74) is 2.22. The van der Waals surface area contributed by atoms with E-state index in [1.54, 1.807) is 41.0 Å². The molecule has 2 aromatic heterocycles. The number of hydrogen-bond acceptors (Lipinski definition) is 3. The molecular weight excluding hydrogens is 413 g/mol. The SMILES string of the molecule is FC(F)(F)c1cccc(-n2c(-c3ccc(Cl)cc3)nc3nc4ccccc4nc32)c1. The molecule has 0 bridgehead atoms. The normalized spacial score (nSPS) is 12.0. The van der Waals surface area contributed by atoms with Gasteiger partial charge in [-0.05, 0) is 54.6 Å². The largest absolute Gasteiger partial charge is 0.416 e. The molecule has 8 heteroatoms. The molecule has 0 fully saturated rings. The molecule has 4 nitrogen and oxygen atoms in total. The molecule has 5 aromatic rings. The lowest BCUT2D eigenvalue weighted by Gasteiger charge is -2.12. The fourth-order valence-corrected chi connectivity index (χ4v) is 3.44. The Labute approximate surface area is 173 Å². The van der Waals surface area contributed by atoms with Crippen LogP contribution in [0, 0.1) is 0 Å². The van der Waals surface area contributed by atoms with E-state index in [2.05, 4.69) is 15.0 Å². The summed E-state index contributed by atoms with van der Waals surface area (Å²) in [6, 6.07) is 19.3. The summed E-state index contributed by atoms with van der Waals surface area (Å²) in [4.78, 5) is 13.8. The predicted molar refractivity (Wildman–Crippen MR) is 110 cm³/mol. The first-order chi connectivity index (χ1) is 14.4. The molecule has 0 unspecified atom stereocenters. The van der Waals surface area contributed by atoms with E-state index in [0.717, 1.165) is 12.1 Å². The maximum Gasteiger partial charge on any atom is 0.416 e. The van der Waals surface area contributed by atoms with Crippen LogP contribution < -0.4 is 0 Å². The highest BCUT2D eigenvalue weighted by molar-refractivity contribution is 6.30. The highest BCUT2D eigenvalue weighted by atomic mass is 35.5. The first kappa shape index (κ1) is 18.6. The predicted octanol–water partition coefficient (Wildman–Crippen LogP) is 6.31. The van der Waals surface area contributed by atoms with Gasteiger partial charge in [0.05, 0.1) is 16.6 Å². The molecule has 2 heterocycles. The Morgan fingerprint density at radius 1 is 0.767 bits per heavy atom. The Morgan fingerprint density at radius 2 is 1.47 bits per heavy atom. The van der Waals surface area contributed by atoms with Crippen molar-refractivity contribution in [2.24, 2.45) is 0 Å². The van der Waals surface area contributed by atoms with Crippen molar-refractivity contribution < 1.29 is 13.2 Å². The van der Waals surface area contributed by atoms with Crippen LogP contribution in [0.15, 0.2) is 72.8 Å². The number of imidazole rings is 1. The average molecular weight is 425 g/mol. The fourth-order valence-electron chi connectivity index (χ4n) is 3.32. The highest BCUT2D eigenvalue weighted by Crippen LogP contribution is 2.33. The van der Waals surface area contributed by atoms with Crippen LogP contribution in [0.4, 0.5) is 13.2 Å². The second-order valence-corrected chi connectivity index (χ2v) is 7.12. The Kier molecular flexibility index (Phi) is 4.22. The van der Waals surface area contributed by atoms with Crippen LogP contribution in [0.3, 0.4) is 0 Å². The number of alkyl halides is 3. The van der Waals surface area contributed by atoms with E-state index in [1.165, 1.54) is 6.07 Å². The van der Waals surface area contributed by atoms with Gasteiger partial charge in [-0.3, -0.25) is 4.57 Å². The van der Waals surface area contributed by atoms with Crippen LogP contribution in [-0.4, -0.2) is 19.5 Å². The van der Waals surface area contributed by atoms with E-state index < -0.39 is 11.7 Å². The standard InChI is InChI=1S/C22H12ClF3N4/c23-15-10-8-13(9-11-15)20-29-19-21(28-18-7-2-1-6-17(18)27-19)30(20)16-5-3-4-14(12-16)22(24,25)26/h1-12H. The molecule has 0 aliphatic heterocycles. The lowest BCUT2D eigenvalue weighted by atomic mass is 10.1. The van der Waals surface area contributed by atoms with E-state index in [0.29, 0.717) is 44.4 Å². The molecule has 0 amide bonds. The lowest BCUT2D eigenvalue weighted by molar-refractivity contribution is -0.137. The van der Waals surface area contributed by atoms with Gasteiger partial charge in [-0.2, -0.15) is 13.2 Å². The van der Waals surface area contributed by atoms with Crippen LogP contribution in [-0.2, 0) is 6.18 Å². The number of halogens is 4. The van der Waals surface area contributed by atoms with E-state index in [4.69, 9.17) is 11.6 Å². The molecule has 148 valence electrons. The molecular formula is C22H12ClF3N4. The monoisotopic (exact) mass is 424 g/mol. The van der Waals surface area contributed by atoms with Gasteiger partial charge < -0.3 is 0 Å². The van der Waals surface area contributed by atoms with Crippen LogP contribution in [0.1, 0.15) is 5.56 Å². The van der Waals surface area contributed by atoms with E-state index in [-0.39, 0.29) is 0 Å². The summed E-state index contributed by atoms with van der Waals surface area (Å²) in [6.07, 6.45) is -4.47.